The molecule has 1 fully saturated rings. The Morgan fingerprint density at radius 3 is 2.48 bits per heavy atom. The molecule has 1 saturated heterocycles. The van der Waals surface area contributed by atoms with Gasteiger partial charge in [0.05, 0.1) is 22.5 Å². The number of amides is 2. The maximum Gasteiger partial charge on any atom is 0.256 e. The van der Waals surface area contributed by atoms with Crippen LogP contribution in [0.25, 0.3) is 10.6 Å². The third-order valence-corrected chi connectivity index (χ3v) is 7.86. The number of nitrogens with zero attached hydrogens (tertiary/aromatic N) is 3. The van der Waals surface area contributed by atoms with Gasteiger partial charge < -0.3 is 10.2 Å². The molecule has 3 aromatic heterocycles. The average Bonchev–Trinajstić information content (AvgIpc) is 3.62. The molecular formula is C24H22N4O2S3. The summed E-state index contributed by atoms with van der Waals surface area (Å²) in [6.45, 7) is 3.66. The molecular weight excluding hydrogens is 472 g/mol. The first-order valence-corrected chi connectivity index (χ1v) is 13.3. The standard InChI is InChI=1S/C24H22N4O2S3/c29-22(17-5-11-31-14-17)26-21-4-2-1-3-20(21)24(30)28-9-7-27(8-10-28)13-19-16-33-23(25-19)18-6-12-32-15-18/h1-6,11-12,14-16H,7-10,13H2,(H,26,29). The van der Waals surface area contributed by atoms with E-state index in [1.165, 1.54) is 16.9 Å². The average molecular weight is 495 g/mol. The highest BCUT2D eigenvalue weighted by atomic mass is 32.1. The van der Waals surface area contributed by atoms with Crippen molar-refractivity contribution < 1.29 is 9.59 Å². The van der Waals surface area contributed by atoms with E-state index in [4.69, 9.17) is 4.98 Å². The number of anilines is 1. The Bertz CT molecular complexity index is 1230. The minimum absolute atomic E-state index is 0.0516. The highest BCUT2D eigenvalue weighted by Crippen LogP contribution is 2.26. The minimum Gasteiger partial charge on any atom is -0.336 e. The van der Waals surface area contributed by atoms with Crippen LogP contribution in [0.15, 0.2) is 63.3 Å². The highest BCUT2D eigenvalue weighted by Gasteiger charge is 2.25. The van der Waals surface area contributed by atoms with Crippen molar-refractivity contribution >= 4 is 51.5 Å². The van der Waals surface area contributed by atoms with Crippen LogP contribution in [0.2, 0.25) is 0 Å². The number of hydrogen-bond donors (Lipinski definition) is 1. The lowest BCUT2D eigenvalue weighted by molar-refractivity contribution is 0.0628. The van der Waals surface area contributed by atoms with Crippen molar-refractivity contribution in [1.29, 1.82) is 0 Å². The zero-order chi connectivity index (χ0) is 22.6. The van der Waals surface area contributed by atoms with E-state index in [1.807, 2.05) is 22.4 Å². The first-order chi connectivity index (χ1) is 16.2. The van der Waals surface area contributed by atoms with Crippen LogP contribution in [0.5, 0.6) is 0 Å². The van der Waals surface area contributed by atoms with Crippen molar-refractivity contribution in [3.8, 4) is 10.6 Å². The summed E-state index contributed by atoms with van der Waals surface area (Å²) < 4.78 is 0. The fourth-order valence-electron chi connectivity index (χ4n) is 3.77. The van der Waals surface area contributed by atoms with Gasteiger partial charge in [-0.25, -0.2) is 4.98 Å². The van der Waals surface area contributed by atoms with Crippen LogP contribution in [0.1, 0.15) is 26.4 Å². The molecule has 1 N–H and O–H groups in total. The second-order valence-corrected chi connectivity index (χ2v) is 10.2. The lowest BCUT2D eigenvalue weighted by Gasteiger charge is -2.34. The van der Waals surface area contributed by atoms with Crippen LogP contribution in [0.3, 0.4) is 0 Å². The van der Waals surface area contributed by atoms with E-state index in [0.717, 1.165) is 30.3 Å². The molecule has 0 radical (unpaired) electrons. The molecule has 1 aliphatic rings. The SMILES string of the molecule is O=C(Nc1ccccc1C(=O)N1CCN(Cc2csc(-c3ccsc3)n2)CC1)c1ccsc1. The highest BCUT2D eigenvalue weighted by molar-refractivity contribution is 7.14. The van der Waals surface area contributed by atoms with Crippen molar-refractivity contribution in [2.75, 3.05) is 31.5 Å². The third kappa shape index (κ3) is 5.06. The number of para-hydroxylation sites is 1. The molecule has 0 atom stereocenters. The molecule has 2 amide bonds. The second kappa shape index (κ2) is 9.96. The summed E-state index contributed by atoms with van der Waals surface area (Å²) in [4.78, 5) is 34.7. The van der Waals surface area contributed by atoms with E-state index in [2.05, 4.69) is 32.4 Å². The number of rotatable bonds is 6. The van der Waals surface area contributed by atoms with Gasteiger partial charge in [-0.2, -0.15) is 22.7 Å². The van der Waals surface area contributed by atoms with Gasteiger partial charge in [0.15, 0.2) is 0 Å². The monoisotopic (exact) mass is 494 g/mol. The predicted molar refractivity (Wildman–Crippen MR) is 135 cm³/mol. The number of thiazole rings is 1. The molecule has 4 heterocycles. The Labute approximate surface area is 204 Å². The molecule has 6 nitrogen and oxygen atoms in total. The summed E-state index contributed by atoms with van der Waals surface area (Å²) in [7, 11) is 0. The summed E-state index contributed by atoms with van der Waals surface area (Å²) in [6, 6.07) is 11.1. The van der Waals surface area contributed by atoms with E-state index in [0.29, 0.717) is 29.9 Å². The molecule has 0 saturated carbocycles. The van der Waals surface area contributed by atoms with E-state index in [1.54, 1.807) is 46.3 Å². The zero-order valence-corrected chi connectivity index (χ0v) is 20.2. The number of piperazine rings is 1. The molecule has 5 rings (SSSR count). The summed E-state index contributed by atoms with van der Waals surface area (Å²) in [5.74, 6) is -0.254. The number of nitrogens with one attached hydrogen (secondary N) is 1. The van der Waals surface area contributed by atoms with Gasteiger partial charge in [-0.1, -0.05) is 12.1 Å². The maximum atomic E-state index is 13.2. The van der Waals surface area contributed by atoms with Crippen LogP contribution < -0.4 is 5.32 Å². The van der Waals surface area contributed by atoms with Crippen LogP contribution in [0.4, 0.5) is 5.69 Å². The third-order valence-electron chi connectivity index (χ3n) is 5.55. The molecule has 0 bridgehead atoms. The Balaban J connectivity index is 1.19. The van der Waals surface area contributed by atoms with Crippen molar-refractivity contribution in [2.45, 2.75) is 6.54 Å². The second-order valence-electron chi connectivity index (χ2n) is 7.74. The van der Waals surface area contributed by atoms with Gasteiger partial charge in [0.1, 0.15) is 5.01 Å². The normalized spacial score (nSPS) is 14.4. The minimum atomic E-state index is -0.202. The van der Waals surface area contributed by atoms with Gasteiger partial charge in [0.25, 0.3) is 11.8 Å². The van der Waals surface area contributed by atoms with Crippen LogP contribution in [0, 0.1) is 0 Å². The van der Waals surface area contributed by atoms with E-state index < -0.39 is 0 Å². The number of hydrogen-bond acceptors (Lipinski definition) is 7. The number of benzene rings is 1. The van der Waals surface area contributed by atoms with Crippen molar-refractivity contribution in [1.82, 2.24) is 14.8 Å². The smallest absolute Gasteiger partial charge is 0.256 e. The van der Waals surface area contributed by atoms with Gasteiger partial charge in [-0.15, -0.1) is 11.3 Å². The Hall–Kier alpha value is -2.85. The van der Waals surface area contributed by atoms with Crippen molar-refractivity contribution in [3.63, 3.8) is 0 Å². The lowest BCUT2D eigenvalue weighted by Crippen LogP contribution is -2.48. The van der Waals surface area contributed by atoms with E-state index >= 15 is 0 Å². The first kappa shape index (κ1) is 22.0. The summed E-state index contributed by atoms with van der Waals surface area (Å²) in [5.41, 5.74) is 3.91. The number of carbonyl (C=O) groups is 2. The van der Waals surface area contributed by atoms with Gasteiger partial charge >= 0.3 is 0 Å². The van der Waals surface area contributed by atoms with Gasteiger partial charge in [0, 0.05) is 54.4 Å². The lowest BCUT2D eigenvalue weighted by atomic mass is 10.1. The fourth-order valence-corrected chi connectivity index (χ4v) is 5.93. The van der Waals surface area contributed by atoms with E-state index in [9.17, 15) is 9.59 Å². The topological polar surface area (TPSA) is 65.5 Å². The number of aromatic nitrogens is 1. The molecule has 9 heteroatoms. The maximum absolute atomic E-state index is 13.2. The van der Waals surface area contributed by atoms with Gasteiger partial charge in [-0.3, -0.25) is 14.5 Å². The summed E-state index contributed by atoms with van der Waals surface area (Å²) in [6.07, 6.45) is 0. The Morgan fingerprint density at radius 2 is 1.73 bits per heavy atom. The number of thiophene rings is 2. The molecule has 0 aliphatic carbocycles. The Morgan fingerprint density at radius 1 is 0.939 bits per heavy atom. The van der Waals surface area contributed by atoms with Crippen LogP contribution in [-0.2, 0) is 6.54 Å². The predicted octanol–water partition coefficient (Wildman–Crippen LogP) is 5.14. The molecule has 4 aromatic rings. The van der Waals surface area contributed by atoms with Crippen molar-refractivity contribution in [3.05, 3.63) is 80.1 Å². The fraction of sp³-hybridized carbons (Fsp3) is 0.208. The summed E-state index contributed by atoms with van der Waals surface area (Å²) >= 11 is 4.82. The largest absolute Gasteiger partial charge is 0.336 e. The molecule has 1 aliphatic heterocycles. The van der Waals surface area contributed by atoms with Crippen molar-refractivity contribution in [2.24, 2.45) is 0 Å². The van der Waals surface area contributed by atoms with Gasteiger partial charge in [-0.05, 0) is 35.0 Å². The quantitative estimate of drug-likeness (QED) is 0.403. The first-order valence-electron chi connectivity index (χ1n) is 10.6. The van der Waals surface area contributed by atoms with E-state index in [-0.39, 0.29) is 11.8 Å². The summed E-state index contributed by atoms with van der Waals surface area (Å²) in [5, 5.41) is 13.9. The molecule has 0 unspecified atom stereocenters. The van der Waals surface area contributed by atoms with Crippen LogP contribution in [-0.4, -0.2) is 52.8 Å². The van der Waals surface area contributed by atoms with Crippen LogP contribution >= 0.6 is 34.0 Å². The zero-order valence-electron chi connectivity index (χ0n) is 17.8. The molecule has 0 spiro atoms. The van der Waals surface area contributed by atoms with Gasteiger partial charge in [0.2, 0.25) is 0 Å². The molecule has 33 heavy (non-hydrogen) atoms. The Kier molecular flexibility index (Phi) is 6.63. The molecule has 168 valence electrons. The number of carbonyl (C=O) groups excluding carboxylic acids is 2. The molecule has 1 aromatic carbocycles.